The van der Waals surface area contributed by atoms with Crippen molar-refractivity contribution in [3.63, 3.8) is 0 Å². The molecule has 1 aliphatic rings. The number of ether oxygens (including phenoxy) is 1. The highest BCUT2D eigenvalue weighted by Crippen LogP contribution is 2.24. The number of nitrogens with zero attached hydrogens (tertiary/aromatic N) is 1. The summed E-state index contributed by atoms with van der Waals surface area (Å²) >= 11 is 3.17. The van der Waals surface area contributed by atoms with Crippen molar-refractivity contribution in [1.82, 2.24) is 4.90 Å². The third-order valence-electron chi connectivity index (χ3n) is 3.29. The molecule has 2 rings (SSSR count). The van der Waals surface area contributed by atoms with Crippen LogP contribution in [-0.4, -0.2) is 57.0 Å². The highest BCUT2D eigenvalue weighted by molar-refractivity contribution is 9.10. The van der Waals surface area contributed by atoms with Crippen molar-refractivity contribution >= 4 is 31.7 Å². The van der Waals surface area contributed by atoms with Crippen LogP contribution in [0.1, 0.15) is 16.8 Å². The maximum absolute atomic E-state index is 12.5. The summed E-state index contributed by atoms with van der Waals surface area (Å²) < 4.78 is 33.6. The minimum atomic E-state index is -3.05. The summed E-state index contributed by atoms with van der Waals surface area (Å²) in [5, 5.41) is 0. The zero-order valence-electron chi connectivity index (χ0n) is 11.0. The number of amides is 1. The summed E-state index contributed by atoms with van der Waals surface area (Å²) in [6.07, 6.45) is 1.88. The van der Waals surface area contributed by atoms with Crippen molar-refractivity contribution < 1.29 is 22.4 Å². The fourth-order valence-corrected chi connectivity index (χ4v) is 4.40. The minimum Gasteiger partial charge on any atom is -0.457 e. The molecule has 1 fully saturated rings. The molecule has 0 aliphatic carbocycles. The topological polar surface area (TPSA) is 76.8 Å². The molecule has 0 aromatic carbocycles. The Morgan fingerprint density at radius 1 is 1.60 bits per heavy atom. The lowest BCUT2D eigenvalue weighted by atomic mass is 10.2. The van der Waals surface area contributed by atoms with Crippen molar-refractivity contribution in [3.05, 3.63) is 22.6 Å². The van der Waals surface area contributed by atoms with Gasteiger partial charge in [-0.3, -0.25) is 4.79 Å². The van der Waals surface area contributed by atoms with E-state index < -0.39 is 9.84 Å². The molecule has 0 N–H and O–H groups in total. The van der Waals surface area contributed by atoms with Crippen LogP contribution in [0.5, 0.6) is 0 Å². The molecule has 6 nitrogen and oxygen atoms in total. The Labute approximate surface area is 126 Å². The molecule has 20 heavy (non-hydrogen) atoms. The van der Waals surface area contributed by atoms with Crippen LogP contribution >= 0.6 is 15.9 Å². The molecule has 1 saturated heterocycles. The van der Waals surface area contributed by atoms with Crippen LogP contribution in [0.3, 0.4) is 0 Å². The Morgan fingerprint density at radius 2 is 2.35 bits per heavy atom. The predicted octanol–water partition coefficient (Wildman–Crippen LogP) is 1.32. The van der Waals surface area contributed by atoms with Crippen LogP contribution in [-0.2, 0) is 14.6 Å². The van der Waals surface area contributed by atoms with Gasteiger partial charge in [0.1, 0.15) is 0 Å². The van der Waals surface area contributed by atoms with Crippen LogP contribution in [0.4, 0.5) is 0 Å². The summed E-state index contributed by atoms with van der Waals surface area (Å²) in [5.74, 6) is -0.108. The lowest BCUT2D eigenvalue weighted by Gasteiger charge is -2.27. The average molecular weight is 366 g/mol. The number of methoxy groups -OCH3 is 1. The second-order valence-electron chi connectivity index (χ2n) is 4.66. The van der Waals surface area contributed by atoms with Gasteiger partial charge in [0.05, 0.1) is 29.9 Å². The molecular weight excluding hydrogens is 350 g/mol. The fourth-order valence-electron chi connectivity index (χ4n) is 2.26. The number of halogens is 1. The van der Waals surface area contributed by atoms with Crippen molar-refractivity contribution in [2.24, 2.45) is 0 Å². The monoisotopic (exact) mass is 365 g/mol. The number of furan rings is 1. The molecule has 1 amide bonds. The lowest BCUT2D eigenvalue weighted by molar-refractivity contribution is 0.0622. The predicted molar refractivity (Wildman–Crippen MR) is 76.4 cm³/mol. The highest BCUT2D eigenvalue weighted by atomic mass is 79.9. The van der Waals surface area contributed by atoms with Crippen molar-refractivity contribution in [3.8, 4) is 0 Å². The number of hydrogen-bond donors (Lipinski definition) is 0. The first-order valence-electron chi connectivity index (χ1n) is 6.18. The zero-order valence-corrected chi connectivity index (χ0v) is 13.4. The van der Waals surface area contributed by atoms with E-state index in [4.69, 9.17) is 9.15 Å². The largest absolute Gasteiger partial charge is 0.457 e. The van der Waals surface area contributed by atoms with Gasteiger partial charge in [0.25, 0.3) is 5.91 Å². The Kier molecular flexibility index (Phi) is 4.87. The molecule has 1 aromatic rings. The molecule has 0 saturated carbocycles. The maximum Gasteiger partial charge on any atom is 0.258 e. The van der Waals surface area contributed by atoms with Crippen LogP contribution < -0.4 is 0 Å². The minimum absolute atomic E-state index is 0.0118. The molecule has 0 radical (unpaired) electrons. The molecule has 1 atom stereocenters. The van der Waals surface area contributed by atoms with Crippen molar-refractivity contribution in [2.75, 3.05) is 31.8 Å². The van der Waals surface area contributed by atoms with E-state index in [-0.39, 0.29) is 23.5 Å². The van der Waals surface area contributed by atoms with Crippen molar-refractivity contribution in [1.29, 1.82) is 0 Å². The van der Waals surface area contributed by atoms with E-state index in [2.05, 4.69) is 15.9 Å². The highest BCUT2D eigenvalue weighted by Gasteiger charge is 2.35. The number of rotatable bonds is 5. The number of carbonyl (C=O) groups is 1. The molecule has 1 aliphatic heterocycles. The third-order valence-corrected chi connectivity index (χ3v) is 5.66. The molecule has 112 valence electrons. The van der Waals surface area contributed by atoms with Crippen LogP contribution in [0.2, 0.25) is 0 Å². The maximum atomic E-state index is 12.5. The van der Waals surface area contributed by atoms with Gasteiger partial charge in [-0.2, -0.15) is 0 Å². The van der Waals surface area contributed by atoms with Gasteiger partial charge in [0, 0.05) is 19.7 Å². The normalized spacial score (nSPS) is 21.0. The molecular formula is C12H16BrNO5S. The van der Waals surface area contributed by atoms with Crippen molar-refractivity contribution in [2.45, 2.75) is 12.5 Å². The van der Waals surface area contributed by atoms with Gasteiger partial charge in [-0.25, -0.2) is 8.42 Å². The lowest BCUT2D eigenvalue weighted by Crippen LogP contribution is -2.43. The second-order valence-corrected chi connectivity index (χ2v) is 7.61. The van der Waals surface area contributed by atoms with Gasteiger partial charge >= 0.3 is 0 Å². The van der Waals surface area contributed by atoms with E-state index in [1.54, 1.807) is 18.1 Å². The van der Waals surface area contributed by atoms with Gasteiger partial charge in [-0.15, -0.1) is 0 Å². The SMILES string of the molecule is COCCN(C(=O)c1ccoc1Br)C1CCS(=O)(=O)C1. The van der Waals surface area contributed by atoms with E-state index >= 15 is 0 Å². The van der Waals surface area contributed by atoms with E-state index in [9.17, 15) is 13.2 Å². The summed E-state index contributed by atoms with van der Waals surface area (Å²) in [6, 6.07) is 1.26. The summed E-state index contributed by atoms with van der Waals surface area (Å²) in [7, 11) is -1.50. The number of hydrogen-bond acceptors (Lipinski definition) is 5. The number of sulfone groups is 1. The fraction of sp³-hybridized carbons (Fsp3) is 0.583. The van der Waals surface area contributed by atoms with E-state index in [0.29, 0.717) is 29.8 Å². The standard InChI is InChI=1S/C12H16BrNO5S/c1-18-6-4-14(9-3-7-20(16,17)8-9)12(15)10-2-5-19-11(10)13/h2,5,9H,3-4,6-8H2,1H3. The zero-order chi connectivity index (χ0) is 14.8. The first-order chi connectivity index (χ1) is 9.44. The van der Waals surface area contributed by atoms with Crippen LogP contribution in [0, 0.1) is 0 Å². The Balaban J connectivity index is 2.20. The van der Waals surface area contributed by atoms with Crippen LogP contribution in [0.25, 0.3) is 0 Å². The van der Waals surface area contributed by atoms with Gasteiger partial charge in [-0.05, 0) is 28.4 Å². The number of carbonyl (C=O) groups excluding carboxylic acids is 1. The third kappa shape index (κ3) is 3.42. The van der Waals surface area contributed by atoms with E-state index in [0.717, 1.165) is 0 Å². The van der Waals surface area contributed by atoms with Gasteiger partial charge in [0.2, 0.25) is 0 Å². The first-order valence-corrected chi connectivity index (χ1v) is 8.79. The molecule has 0 bridgehead atoms. The Hall–Kier alpha value is -0.860. The molecule has 2 heterocycles. The Bertz CT molecular complexity index is 582. The van der Waals surface area contributed by atoms with Gasteiger partial charge in [-0.1, -0.05) is 0 Å². The Morgan fingerprint density at radius 3 is 2.85 bits per heavy atom. The summed E-state index contributed by atoms with van der Waals surface area (Å²) in [6.45, 7) is 0.713. The second kappa shape index (κ2) is 6.28. The van der Waals surface area contributed by atoms with Gasteiger partial charge < -0.3 is 14.1 Å². The molecule has 1 aromatic heterocycles. The van der Waals surface area contributed by atoms with E-state index in [1.807, 2.05) is 0 Å². The summed E-state index contributed by atoms with van der Waals surface area (Å²) in [4.78, 5) is 14.1. The first kappa shape index (κ1) is 15.5. The summed E-state index contributed by atoms with van der Waals surface area (Å²) in [5.41, 5.74) is 0.394. The van der Waals surface area contributed by atoms with Gasteiger partial charge in [0.15, 0.2) is 14.5 Å². The molecule has 0 spiro atoms. The smallest absolute Gasteiger partial charge is 0.258 e. The average Bonchev–Trinajstić information content (AvgIpc) is 2.95. The van der Waals surface area contributed by atoms with Crippen LogP contribution in [0.15, 0.2) is 21.4 Å². The molecule has 8 heteroatoms. The van der Waals surface area contributed by atoms with E-state index in [1.165, 1.54) is 6.26 Å². The quantitative estimate of drug-likeness (QED) is 0.786. The molecule has 1 unspecified atom stereocenters.